The lowest BCUT2D eigenvalue weighted by Crippen LogP contribution is -2.54. The van der Waals surface area contributed by atoms with E-state index in [0.717, 1.165) is 17.9 Å². The smallest absolute Gasteiger partial charge is 0.315 e. The van der Waals surface area contributed by atoms with Crippen molar-refractivity contribution < 1.29 is 9.59 Å². The summed E-state index contributed by atoms with van der Waals surface area (Å²) in [4.78, 5) is 23.2. The van der Waals surface area contributed by atoms with E-state index in [2.05, 4.69) is 10.6 Å². The molecule has 1 aliphatic rings. The summed E-state index contributed by atoms with van der Waals surface area (Å²) in [6.45, 7) is 3.69. The number of urea groups is 1. The number of benzene rings is 1. The fourth-order valence-electron chi connectivity index (χ4n) is 2.68. The Labute approximate surface area is 135 Å². The first kappa shape index (κ1) is 16.6. The Morgan fingerprint density at radius 2 is 1.82 bits per heavy atom. The fraction of sp³-hybridized carbons (Fsp3) is 0.500. The lowest BCUT2D eigenvalue weighted by Gasteiger charge is -2.36. The molecule has 0 heterocycles. The van der Waals surface area contributed by atoms with Crippen molar-refractivity contribution in [3.8, 4) is 0 Å². The summed E-state index contributed by atoms with van der Waals surface area (Å²) in [7, 11) is 0. The lowest BCUT2D eigenvalue weighted by molar-refractivity contribution is -0.120. The van der Waals surface area contributed by atoms with Gasteiger partial charge in [0.25, 0.3) is 0 Å². The summed E-state index contributed by atoms with van der Waals surface area (Å²) >= 11 is 5.87. The van der Waals surface area contributed by atoms with Crippen LogP contribution in [0, 0.1) is 5.92 Å². The molecule has 1 aromatic rings. The molecule has 1 aromatic carbocycles. The molecule has 0 bridgehead atoms. The summed E-state index contributed by atoms with van der Waals surface area (Å²) < 4.78 is 0. The van der Waals surface area contributed by atoms with Crippen molar-refractivity contribution in [2.24, 2.45) is 11.7 Å². The van der Waals surface area contributed by atoms with Crippen LogP contribution < -0.4 is 16.4 Å². The molecule has 0 spiro atoms. The molecular weight excluding hydrogens is 302 g/mol. The van der Waals surface area contributed by atoms with E-state index in [1.165, 1.54) is 5.56 Å². The minimum absolute atomic E-state index is 0.0357. The van der Waals surface area contributed by atoms with Crippen molar-refractivity contribution in [2.75, 3.05) is 0 Å². The van der Waals surface area contributed by atoms with Gasteiger partial charge in [0.1, 0.15) is 6.04 Å². The third-order valence-corrected chi connectivity index (χ3v) is 4.33. The Morgan fingerprint density at radius 3 is 2.32 bits per heavy atom. The van der Waals surface area contributed by atoms with Crippen molar-refractivity contribution >= 4 is 23.5 Å². The Balaban J connectivity index is 1.78. The Hall–Kier alpha value is -1.75. The second kappa shape index (κ2) is 7.01. The molecule has 0 aromatic heterocycles. The standard InChI is InChI=1S/C16H22ClN3O2/c1-9(2)14(15(18)21)20-16(22)19-13-7-11(8-13)10-3-5-12(17)6-4-10/h3-6,9,11,13-14H,7-8H2,1-2H3,(H2,18,21)(H2,19,20,22)/t11?,13?,14-/m0/s1. The molecule has 22 heavy (non-hydrogen) atoms. The van der Waals surface area contributed by atoms with E-state index in [1.54, 1.807) is 0 Å². The second-order valence-electron chi connectivity index (χ2n) is 6.16. The fourth-order valence-corrected chi connectivity index (χ4v) is 2.80. The predicted molar refractivity (Wildman–Crippen MR) is 86.7 cm³/mol. The van der Waals surface area contributed by atoms with Crippen LogP contribution in [0.15, 0.2) is 24.3 Å². The SMILES string of the molecule is CC(C)[C@H](NC(=O)NC1CC(c2ccc(Cl)cc2)C1)C(N)=O. The summed E-state index contributed by atoms with van der Waals surface area (Å²) in [5, 5.41) is 6.24. The quantitative estimate of drug-likeness (QED) is 0.777. The molecule has 0 aliphatic heterocycles. The molecule has 0 saturated heterocycles. The van der Waals surface area contributed by atoms with Crippen LogP contribution in [-0.2, 0) is 4.79 Å². The van der Waals surface area contributed by atoms with Crippen molar-refractivity contribution in [2.45, 2.75) is 44.7 Å². The van der Waals surface area contributed by atoms with Crippen LogP contribution in [0.3, 0.4) is 0 Å². The molecule has 5 nitrogen and oxygen atoms in total. The van der Waals surface area contributed by atoms with Gasteiger partial charge in [-0.15, -0.1) is 0 Å². The molecule has 6 heteroatoms. The van der Waals surface area contributed by atoms with Gasteiger partial charge in [0.2, 0.25) is 5.91 Å². The Morgan fingerprint density at radius 1 is 1.23 bits per heavy atom. The number of nitrogens with two attached hydrogens (primary N) is 1. The van der Waals surface area contributed by atoms with Crippen molar-refractivity contribution in [1.29, 1.82) is 0 Å². The van der Waals surface area contributed by atoms with E-state index < -0.39 is 11.9 Å². The van der Waals surface area contributed by atoms with Gasteiger partial charge in [-0.2, -0.15) is 0 Å². The predicted octanol–water partition coefficient (Wildman–Crippen LogP) is 2.40. The van der Waals surface area contributed by atoms with Gasteiger partial charge in [-0.3, -0.25) is 4.79 Å². The zero-order chi connectivity index (χ0) is 16.3. The van der Waals surface area contributed by atoms with E-state index in [9.17, 15) is 9.59 Å². The van der Waals surface area contributed by atoms with Crippen LogP contribution in [0.4, 0.5) is 4.79 Å². The second-order valence-corrected chi connectivity index (χ2v) is 6.60. The van der Waals surface area contributed by atoms with Gasteiger partial charge in [0.15, 0.2) is 0 Å². The molecule has 120 valence electrons. The number of hydrogen-bond acceptors (Lipinski definition) is 2. The van der Waals surface area contributed by atoms with Gasteiger partial charge in [-0.25, -0.2) is 4.79 Å². The summed E-state index contributed by atoms with van der Waals surface area (Å²) in [6.07, 6.45) is 1.77. The number of hydrogen-bond donors (Lipinski definition) is 3. The van der Waals surface area contributed by atoms with Gasteiger partial charge < -0.3 is 16.4 Å². The van der Waals surface area contributed by atoms with Crippen molar-refractivity contribution in [3.63, 3.8) is 0 Å². The van der Waals surface area contributed by atoms with Crippen LogP contribution in [0.2, 0.25) is 5.02 Å². The molecule has 1 aliphatic carbocycles. The molecule has 1 saturated carbocycles. The van der Waals surface area contributed by atoms with E-state index >= 15 is 0 Å². The maximum Gasteiger partial charge on any atom is 0.315 e. The van der Waals surface area contributed by atoms with E-state index in [0.29, 0.717) is 5.92 Å². The maximum absolute atomic E-state index is 11.9. The highest BCUT2D eigenvalue weighted by molar-refractivity contribution is 6.30. The third-order valence-electron chi connectivity index (χ3n) is 4.07. The zero-order valence-corrected chi connectivity index (χ0v) is 13.6. The van der Waals surface area contributed by atoms with E-state index in [4.69, 9.17) is 17.3 Å². The van der Waals surface area contributed by atoms with Crippen LogP contribution in [0.5, 0.6) is 0 Å². The molecule has 1 fully saturated rings. The van der Waals surface area contributed by atoms with Gasteiger partial charge in [-0.1, -0.05) is 37.6 Å². The maximum atomic E-state index is 11.9. The van der Waals surface area contributed by atoms with Crippen LogP contribution in [0.1, 0.15) is 38.2 Å². The number of halogens is 1. The molecule has 2 rings (SSSR count). The first-order valence-electron chi connectivity index (χ1n) is 7.48. The van der Waals surface area contributed by atoms with Gasteiger partial charge in [-0.05, 0) is 42.4 Å². The molecule has 4 N–H and O–H groups in total. The summed E-state index contributed by atoms with van der Waals surface area (Å²) in [5.41, 5.74) is 6.52. The lowest BCUT2D eigenvalue weighted by atomic mass is 9.76. The average molecular weight is 324 g/mol. The number of rotatable bonds is 5. The average Bonchev–Trinajstić information content (AvgIpc) is 2.40. The van der Waals surface area contributed by atoms with Crippen LogP contribution in [0.25, 0.3) is 0 Å². The van der Waals surface area contributed by atoms with Crippen molar-refractivity contribution in [3.05, 3.63) is 34.9 Å². The first-order valence-corrected chi connectivity index (χ1v) is 7.86. The monoisotopic (exact) mass is 323 g/mol. The highest BCUT2D eigenvalue weighted by atomic mass is 35.5. The van der Waals surface area contributed by atoms with Gasteiger partial charge >= 0.3 is 6.03 Å². The number of nitrogens with one attached hydrogen (secondary N) is 2. The highest BCUT2D eigenvalue weighted by Crippen LogP contribution is 2.37. The van der Waals surface area contributed by atoms with E-state index in [1.807, 2.05) is 38.1 Å². The number of carbonyl (C=O) groups is 2. The van der Waals surface area contributed by atoms with Gasteiger partial charge in [0, 0.05) is 11.1 Å². The zero-order valence-electron chi connectivity index (χ0n) is 12.8. The largest absolute Gasteiger partial charge is 0.368 e. The molecule has 0 radical (unpaired) electrons. The topological polar surface area (TPSA) is 84.2 Å². The molecular formula is C16H22ClN3O2. The number of amides is 3. The molecule has 1 atom stereocenters. The minimum Gasteiger partial charge on any atom is -0.368 e. The van der Waals surface area contributed by atoms with Crippen LogP contribution >= 0.6 is 11.6 Å². The van der Waals surface area contributed by atoms with Crippen molar-refractivity contribution in [1.82, 2.24) is 10.6 Å². The molecule has 0 unspecified atom stereocenters. The summed E-state index contributed by atoms with van der Waals surface area (Å²) in [5.74, 6) is -0.108. The Kier molecular flexibility index (Phi) is 5.29. The highest BCUT2D eigenvalue weighted by Gasteiger charge is 2.32. The minimum atomic E-state index is -0.646. The normalized spacial score (nSPS) is 21.8. The van der Waals surface area contributed by atoms with E-state index in [-0.39, 0.29) is 18.0 Å². The van der Waals surface area contributed by atoms with Gasteiger partial charge in [0.05, 0.1) is 0 Å². The third kappa shape index (κ3) is 4.13. The Bertz CT molecular complexity index is 539. The number of primary amides is 1. The molecule has 3 amide bonds. The summed E-state index contributed by atoms with van der Waals surface area (Å²) in [6, 6.07) is 6.94. The van der Waals surface area contributed by atoms with Crippen LogP contribution in [-0.4, -0.2) is 24.0 Å². The first-order chi connectivity index (χ1) is 10.4. The number of carbonyl (C=O) groups excluding carboxylic acids is 2.